The Hall–Kier alpha value is -3.22. The normalized spacial score (nSPS) is 16.7. The molecule has 1 aliphatic rings. The van der Waals surface area contributed by atoms with E-state index in [-0.39, 0.29) is 36.6 Å². The number of nitrogens with one attached hydrogen (secondary N) is 1. The first-order valence-electron chi connectivity index (χ1n) is 9.69. The second kappa shape index (κ2) is 8.43. The number of carbonyl (C=O) groups excluding carboxylic acids is 2. The number of aromatic amines is 1. The molecule has 1 atom stereocenters. The lowest BCUT2D eigenvalue weighted by molar-refractivity contribution is -0.153. The second-order valence-electron chi connectivity index (χ2n) is 7.38. The van der Waals surface area contributed by atoms with Gasteiger partial charge in [-0.3, -0.25) is 14.7 Å². The highest BCUT2D eigenvalue weighted by atomic mass is 19.1. The quantitative estimate of drug-likeness (QED) is 0.673. The van der Waals surface area contributed by atoms with Crippen LogP contribution in [0.5, 0.6) is 0 Å². The fraction of sp³-hybridized carbons (Fsp3) is 0.318. The molecule has 0 bridgehead atoms. The second-order valence-corrected chi connectivity index (χ2v) is 7.38. The molecule has 6 nitrogen and oxygen atoms in total. The fourth-order valence-electron chi connectivity index (χ4n) is 3.63. The Bertz CT molecular complexity index is 1020. The van der Waals surface area contributed by atoms with Crippen LogP contribution in [0.3, 0.4) is 0 Å². The van der Waals surface area contributed by atoms with Gasteiger partial charge in [-0.25, -0.2) is 4.39 Å². The zero-order valence-corrected chi connectivity index (χ0v) is 15.9. The number of fused-ring (bicyclic) bond motifs is 1. The molecular weight excluding hydrogens is 373 g/mol. The molecule has 3 aromatic rings. The van der Waals surface area contributed by atoms with E-state index in [0.29, 0.717) is 19.5 Å². The van der Waals surface area contributed by atoms with Crippen molar-refractivity contribution in [1.82, 2.24) is 15.1 Å². The van der Waals surface area contributed by atoms with Gasteiger partial charge in [-0.1, -0.05) is 24.3 Å². The lowest BCUT2D eigenvalue weighted by Gasteiger charge is -2.31. The molecule has 1 amide bonds. The number of benzene rings is 2. The van der Waals surface area contributed by atoms with E-state index in [4.69, 9.17) is 4.74 Å². The Morgan fingerprint density at radius 1 is 1.17 bits per heavy atom. The molecule has 2 aromatic carbocycles. The van der Waals surface area contributed by atoms with Crippen molar-refractivity contribution in [3.05, 3.63) is 65.6 Å². The van der Waals surface area contributed by atoms with Crippen molar-refractivity contribution in [2.75, 3.05) is 13.1 Å². The Labute approximate surface area is 167 Å². The van der Waals surface area contributed by atoms with E-state index in [1.165, 1.54) is 12.1 Å². The van der Waals surface area contributed by atoms with Crippen LogP contribution < -0.4 is 0 Å². The third-order valence-electron chi connectivity index (χ3n) is 5.26. The average molecular weight is 395 g/mol. The molecular formula is C22H22FN3O3. The molecule has 1 aliphatic heterocycles. The Balaban J connectivity index is 1.31. The Morgan fingerprint density at radius 2 is 1.97 bits per heavy atom. The minimum atomic E-state index is -0.325. The lowest BCUT2D eigenvalue weighted by atomic mass is 9.97. The minimum Gasteiger partial charge on any atom is -0.461 e. The van der Waals surface area contributed by atoms with Crippen LogP contribution in [0.2, 0.25) is 0 Å². The maximum absolute atomic E-state index is 13.0. The lowest BCUT2D eigenvalue weighted by Crippen LogP contribution is -2.43. The summed E-state index contributed by atoms with van der Waals surface area (Å²) in [7, 11) is 0. The summed E-state index contributed by atoms with van der Waals surface area (Å²) in [6, 6.07) is 11.7. The first-order valence-corrected chi connectivity index (χ1v) is 9.69. The van der Waals surface area contributed by atoms with Crippen molar-refractivity contribution < 1.29 is 18.7 Å². The predicted molar refractivity (Wildman–Crippen MR) is 105 cm³/mol. The fourth-order valence-corrected chi connectivity index (χ4v) is 3.63. The van der Waals surface area contributed by atoms with Crippen LogP contribution in [-0.2, 0) is 27.4 Å². The van der Waals surface area contributed by atoms with Gasteiger partial charge >= 0.3 is 5.97 Å². The molecule has 29 heavy (non-hydrogen) atoms. The largest absolute Gasteiger partial charge is 0.461 e. The van der Waals surface area contributed by atoms with Gasteiger partial charge in [-0.05, 0) is 42.2 Å². The Kier molecular flexibility index (Phi) is 5.55. The molecule has 0 aliphatic carbocycles. The summed E-state index contributed by atoms with van der Waals surface area (Å²) < 4.78 is 18.5. The number of piperidine rings is 1. The van der Waals surface area contributed by atoms with Crippen molar-refractivity contribution >= 4 is 22.8 Å². The highest BCUT2D eigenvalue weighted by Crippen LogP contribution is 2.20. The topological polar surface area (TPSA) is 75.3 Å². The van der Waals surface area contributed by atoms with Crippen molar-refractivity contribution in [3.8, 4) is 0 Å². The third-order valence-corrected chi connectivity index (χ3v) is 5.26. The van der Waals surface area contributed by atoms with Crippen LogP contribution in [0.1, 0.15) is 24.0 Å². The molecule has 150 valence electrons. The highest BCUT2D eigenvalue weighted by molar-refractivity contribution is 5.81. The van der Waals surface area contributed by atoms with E-state index in [9.17, 15) is 14.0 Å². The molecule has 0 radical (unpaired) electrons. The van der Waals surface area contributed by atoms with Crippen LogP contribution in [-0.4, -0.2) is 40.1 Å². The highest BCUT2D eigenvalue weighted by Gasteiger charge is 2.29. The zero-order valence-electron chi connectivity index (χ0n) is 15.9. The van der Waals surface area contributed by atoms with E-state index in [2.05, 4.69) is 10.2 Å². The maximum atomic E-state index is 13.0. The molecule has 0 spiro atoms. The van der Waals surface area contributed by atoms with Gasteiger partial charge in [-0.2, -0.15) is 5.10 Å². The standard InChI is InChI=1S/C22H22FN3O3/c23-19-7-4-15(5-8-19)11-21(27)26-9-1-2-18(13-26)22(28)29-14-16-3-6-17-12-24-25-20(17)10-16/h3-8,10,12,18H,1-2,9,11,13-14H2,(H,24,25). The molecule has 1 saturated heterocycles. The Morgan fingerprint density at radius 3 is 2.79 bits per heavy atom. The smallest absolute Gasteiger partial charge is 0.311 e. The summed E-state index contributed by atoms with van der Waals surface area (Å²) in [6.45, 7) is 1.17. The number of halogens is 1. The van der Waals surface area contributed by atoms with Crippen molar-refractivity contribution in [2.45, 2.75) is 25.9 Å². The molecule has 1 N–H and O–H groups in total. The average Bonchev–Trinajstić information content (AvgIpc) is 3.21. The number of carbonyl (C=O) groups is 2. The van der Waals surface area contributed by atoms with Crippen molar-refractivity contribution in [2.24, 2.45) is 5.92 Å². The van der Waals surface area contributed by atoms with Gasteiger partial charge in [-0.15, -0.1) is 0 Å². The van der Waals surface area contributed by atoms with Crippen LogP contribution in [0.15, 0.2) is 48.7 Å². The van der Waals surface area contributed by atoms with E-state index < -0.39 is 0 Å². The number of hydrogen-bond acceptors (Lipinski definition) is 4. The SMILES string of the molecule is O=C(OCc1ccc2cn[nH]c2c1)C1CCCN(C(=O)Cc2ccc(F)cc2)C1. The summed E-state index contributed by atoms with van der Waals surface area (Å²) in [5.74, 6) is -0.988. The molecule has 4 rings (SSSR count). The first-order chi connectivity index (χ1) is 14.1. The van der Waals surface area contributed by atoms with Crippen molar-refractivity contribution in [1.29, 1.82) is 0 Å². The number of likely N-dealkylation sites (tertiary alicyclic amines) is 1. The van der Waals surface area contributed by atoms with Gasteiger partial charge in [0.1, 0.15) is 12.4 Å². The van der Waals surface area contributed by atoms with Crippen LogP contribution >= 0.6 is 0 Å². The summed E-state index contributed by atoms with van der Waals surface area (Å²) in [5, 5.41) is 7.88. The molecule has 7 heteroatoms. The number of rotatable bonds is 5. The summed E-state index contributed by atoms with van der Waals surface area (Å²) >= 11 is 0. The molecule has 2 heterocycles. The maximum Gasteiger partial charge on any atom is 0.311 e. The number of ether oxygens (including phenoxy) is 1. The molecule has 1 aromatic heterocycles. The monoisotopic (exact) mass is 395 g/mol. The summed E-state index contributed by atoms with van der Waals surface area (Å²) in [4.78, 5) is 26.8. The minimum absolute atomic E-state index is 0.0567. The van der Waals surface area contributed by atoms with Crippen LogP contribution in [0.25, 0.3) is 10.9 Å². The van der Waals surface area contributed by atoms with Gasteiger partial charge in [0.15, 0.2) is 0 Å². The number of aromatic nitrogens is 2. The molecule has 1 fully saturated rings. The van der Waals surface area contributed by atoms with E-state index in [1.807, 2.05) is 18.2 Å². The number of H-pyrrole nitrogens is 1. The summed E-state index contributed by atoms with van der Waals surface area (Å²) in [5.41, 5.74) is 2.54. The summed E-state index contributed by atoms with van der Waals surface area (Å²) in [6.07, 6.45) is 3.41. The van der Waals surface area contributed by atoms with E-state index >= 15 is 0 Å². The number of amides is 1. The van der Waals surface area contributed by atoms with Crippen LogP contribution in [0.4, 0.5) is 4.39 Å². The van der Waals surface area contributed by atoms with Gasteiger partial charge in [0.2, 0.25) is 5.91 Å². The number of hydrogen-bond donors (Lipinski definition) is 1. The molecule has 1 unspecified atom stereocenters. The van der Waals surface area contributed by atoms with Gasteiger partial charge in [0.05, 0.1) is 24.1 Å². The van der Waals surface area contributed by atoms with Gasteiger partial charge < -0.3 is 9.64 Å². The number of esters is 1. The zero-order chi connectivity index (χ0) is 20.2. The van der Waals surface area contributed by atoms with Gasteiger partial charge in [0, 0.05) is 18.5 Å². The van der Waals surface area contributed by atoms with E-state index in [0.717, 1.165) is 28.5 Å². The first kappa shape index (κ1) is 19.1. The third kappa shape index (κ3) is 4.62. The van der Waals surface area contributed by atoms with Crippen molar-refractivity contribution in [3.63, 3.8) is 0 Å². The number of nitrogens with zero attached hydrogens (tertiary/aromatic N) is 2. The van der Waals surface area contributed by atoms with Gasteiger partial charge in [0.25, 0.3) is 0 Å². The van der Waals surface area contributed by atoms with Crippen LogP contribution in [0, 0.1) is 11.7 Å². The van der Waals surface area contributed by atoms with E-state index in [1.54, 1.807) is 23.2 Å². The molecule has 0 saturated carbocycles. The predicted octanol–water partition coefficient (Wildman–Crippen LogP) is 3.23.